The van der Waals surface area contributed by atoms with Gasteiger partial charge in [-0.2, -0.15) is 0 Å². The molecule has 1 atom stereocenters. The van der Waals surface area contributed by atoms with Crippen LogP contribution in [0.15, 0.2) is 48.5 Å². The normalized spacial score (nSPS) is 16.7. The maximum Gasteiger partial charge on any atom is 0.308 e. The van der Waals surface area contributed by atoms with Gasteiger partial charge in [0.25, 0.3) is 0 Å². The zero-order valence-electron chi connectivity index (χ0n) is 14.9. The smallest absolute Gasteiger partial charge is 0.308 e. The van der Waals surface area contributed by atoms with E-state index in [4.69, 9.17) is 9.84 Å². The highest BCUT2D eigenvalue weighted by Gasteiger charge is 2.33. The largest absolute Gasteiger partial charge is 0.489 e. The van der Waals surface area contributed by atoms with Crippen LogP contribution in [0.2, 0.25) is 0 Å². The van der Waals surface area contributed by atoms with Gasteiger partial charge in [0.15, 0.2) is 0 Å². The van der Waals surface area contributed by atoms with Crippen LogP contribution in [-0.2, 0) is 22.6 Å². The second kappa shape index (κ2) is 8.04. The Kier molecular flexibility index (Phi) is 5.56. The minimum atomic E-state index is -0.900. The second-order valence-electron chi connectivity index (χ2n) is 6.71. The van der Waals surface area contributed by atoms with Crippen molar-refractivity contribution in [3.63, 3.8) is 0 Å². The van der Waals surface area contributed by atoms with Gasteiger partial charge in [0.1, 0.15) is 12.4 Å². The van der Waals surface area contributed by atoms with Crippen LogP contribution in [-0.4, -0.2) is 35.0 Å². The van der Waals surface area contributed by atoms with Crippen molar-refractivity contribution in [1.29, 1.82) is 0 Å². The van der Waals surface area contributed by atoms with Crippen LogP contribution >= 0.6 is 0 Å². The number of aliphatic carboxylic acids is 1. The van der Waals surface area contributed by atoms with Gasteiger partial charge in [-0.05, 0) is 30.5 Å². The summed E-state index contributed by atoms with van der Waals surface area (Å²) in [6.45, 7) is 3.34. The van der Waals surface area contributed by atoms with E-state index in [-0.39, 0.29) is 12.3 Å². The number of para-hydroxylation sites is 1. The monoisotopic (exact) mass is 353 g/mol. The number of hydrogen-bond acceptors (Lipinski definition) is 3. The van der Waals surface area contributed by atoms with E-state index in [1.54, 1.807) is 4.90 Å². The predicted molar refractivity (Wildman–Crippen MR) is 98.0 cm³/mol. The lowest BCUT2D eigenvalue weighted by atomic mass is 10.1. The van der Waals surface area contributed by atoms with Crippen LogP contribution in [0.3, 0.4) is 0 Å². The van der Waals surface area contributed by atoms with Gasteiger partial charge < -0.3 is 14.7 Å². The molecule has 1 aliphatic heterocycles. The molecule has 5 heteroatoms. The Labute approximate surface area is 153 Å². The Morgan fingerprint density at radius 3 is 2.62 bits per heavy atom. The highest BCUT2D eigenvalue weighted by atomic mass is 16.5. The fraction of sp³-hybridized carbons (Fsp3) is 0.333. The number of hydrogen-bond donors (Lipinski definition) is 1. The van der Waals surface area contributed by atoms with Crippen molar-refractivity contribution in [2.24, 2.45) is 5.92 Å². The van der Waals surface area contributed by atoms with Crippen molar-refractivity contribution in [3.05, 3.63) is 65.2 Å². The Bertz CT molecular complexity index is 785. The molecule has 1 aliphatic rings. The van der Waals surface area contributed by atoms with E-state index in [9.17, 15) is 9.59 Å². The van der Waals surface area contributed by atoms with Gasteiger partial charge in [-0.3, -0.25) is 9.59 Å². The van der Waals surface area contributed by atoms with Crippen molar-refractivity contribution < 1.29 is 19.4 Å². The maximum absolute atomic E-state index is 12.0. The van der Waals surface area contributed by atoms with Crippen LogP contribution in [0.1, 0.15) is 23.1 Å². The van der Waals surface area contributed by atoms with Crippen molar-refractivity contribution >= 4 is 11.9 Å². The fourth-order valence-corrected chi connectivity index (χ4v) is 3.11. The van der Waals surface area contributed by atoms with Gasteiger partial charge in [0.05, 0.1) is 5.92 Å². The highest BCUT2D eigenvalue weighted by molar-refractivity contribution is 5.86. The molecule has 2 aromatic carbocycles. The molecule has 26 heavy (non-hydrogen) atoms. The predicted octanol–water partition coefficient (Wildman–Crippen LogP) is 3.05. The summed E-state index contributed by atoms with van der Waals surface area (Å²) in [6, 6.07) is 16.0. The summed E-state index contributed by atoms with van der Waals surface area (Å²) in [5, 5.41) is 9.07. The summed E-state index contributed by atoms with van der Waals surface area (Å²) in [5.41, 5.74) is 3.33. The van der Waals surface area contributed by atoms with Crippen LogP contribution in [0, 0.1) is 12.8 Å². The first kappa shape index (κ1) is 18.0. The lowest BCUT2D eigenvalue weighted by Crippen LogP contribution is -2.28. The summed E-state index contributed by atoms with van der Waals surface area (Å²) in [4.78, 5) is 24.7. The lowest BCUT2D eigenvalue weighted by molar-refractivity contribution is -0.141. The number of amides is 1. The number of likely N-dealkylation sites (tertiary alicyclic amines) is 1. The van der Waals surface area contributed by atoms with E-state index >= 15 is 0 Å². The van der Waals surface area contributed by atoms with Crippen molar-refractivity contribution in [3.8, 4) is 5.75 Å². The molecule has 1 unspecified atom stereocenters. The third-order valence-corrected chi connectivity index (χ3v) is 4.70. The van der Waals surface area contributed by atoms with E-state index in [1.165, 1.54) is 5.56 Å². The molecule has 1 saturated heterocycles. The molecule has 3 rings (SSSR count). The summed E-state index contributed by atoms with van der Waals surface area (Å²) in [6.07, 6.45) is 0.739. The Morgan fingerprint density at radius 1 is 1.19 bits per heavy atom. The maximum atomic E-state index is 12.0. The molecule has 5 nitrogen and oxygen atoms in total. The summed E-state index contributed by atoms with van der Waals surface area (Å²) < 4.78 is 5.97. The van der Waals surface area contributed by atoms with Gasteiger partial charge in [-0.25, -0.2) is 0 Å². The van der Waals surface area contributed by atoms with Crippen molar-refractivity contribution in [2.75, 3.05) is 13.1 Å². The summed E-state index contributed by atoms with van der Waals surface area (Å²) in [5.74, 6) is -0.775. The van der Waals surface area contributed by atoms with Gasteiger partial charge >= 0.3 is 5.97 Å². The van der Waals surface area contributed by atoms with E-state index < -0.39 is 11.9 Å². The fourth-order valence-electron chi connectivity index (χ4n) is 3.11. The molecule has 0 radical (unpaired) electrons. The lowest BCUT2D eigenvalue weighted by Gasteiger charge is -2.17. The first-order valence-corrected chi connectivity index (χ1v) is 8.80. The Balaban J connectivity index is 1.59. The van der Waals surface area contributed by atoms with E-state index in [0.717, 1.165) is 16.9 Å². The number of ether oxygens (including phenoxy) is 1. The van der Waals surface area contributed by atoms with Gasteiger partial charge in [0.2, 0.25) is 5.91 Å². The van der Waals surface area contributed by atoms with Crippen molar-refractivity contribution in [2.45, 2.75) is 26.4 Å². The number of carbonyl (C=O) groups excluding carboxylic acids is 1. The molecule has 0 aromatic heterocycles. The molecule has 1 fully saturated rings. The number of carbonyl (C=O) groups is 2. The van der Waals surface area contributed by atoms with E-state index in [2.05, 4.69) is 19.1 Å². The first-order valence-electron chi connectivity index (χ1n) is 8.80. The van der Waals surface area contributed by atoms with Gasteiger partial charge in [-0.15, -0.1) is 0 Å². The SMILES string of the molecule is Cc1ccc(COc2ccccc2CCN2CC(C(=O)O)CC2=O)cc1. The highest BCUT2D eigenvalue weighted by Crippen LogP contribution is 2.23. The topological polar surface area (TPSA) is 66.8 Å². The van der Waals surface area contributed by atoms with E-state index in [0.29, 0.717) is 26.1 Å². The molecule has 2 aromatic rings. The van der Waals surface area contributed by atoms with E-state index in [1.807, 2.05) is 36.4 Å². The van der Waals surface area contributed by atoms with Gasteiger partial charge in [-0.1, -0.05) is 48.0 Å². The van der Waals surface area contributed by atoms with Crippen LogP contribution in [0.25, 0.3) is 0 Å². The number of aryl methyl sites for hydroxylation is 1. The van der Waals surface area contributed by atoms with Crippen LogP contribution < -0.4 is 4.74 Å². The van der Waals surface area contributed by atoms with Crippen LogP contribution in [0.4, 0.5) is 0 Å². The zero-order chi connectivity index (χ0) is 18.5. The number of carboxylic acids is 1. The molecular weight excluding hydrogens is 330 g/mol. The minimum Gasteiger partial charge on any atom is -0.489 e. The standard InChI is InChI=1S/C21H23NO4/c1-15-6-8-16(9-7-15)14-26-19-5-3-2-4-17(19)10-11-22-13-18(21(24)25)12-20(22)23/h2-9,18H,10-14H2,1H3,(H,24,25). The minimum absolute atomic E-state index is 0.0875. The number of carboxylic acid groups (broad SMARTS) is 1. The average molecular weight is 353 g/mol. The number of benzene rings is 2. The molecule has 136 valence electrons. The molecule has 0 spiro atoms. The molecule has 0 aliphatic carbocycles. The second-order valence-corrected chi connectivity index (χ2v) is 6.71. The Morgan fingerprint density at radius 2 is 1.92 bits per heavy atom. The quantitative estimate of drug-likeness (QED) is 0.831. The summed E-state index contributed by atoms with van der Waals surface area (Å²) in [7, 11) is 0. The summed E-state index contributed by atoms with van der Waals surface area (Å²) >= 11 is 0. The van der Waals surface area contributed by atoms with Crippen molar-refractivity contribution in [1.82, 2.24) is 4.90 Å². The third kappa shape index (κ3) is 4.42. The van der Waals surface area contributed by atoms with Gasteiger partial charge in [0, 0.05) is 19.5 Å². The first-order chi connectivity index (χ1) is 12.5. The number of rotatable bonds is 7. The Hall–Kier alpha value is -2.82. The molecular formula is C21H23NO4. The van der Waals surface area contributed by atoms with Crippen LogP contribution in [0.5, 0.6) is 5.75 Å². The third-order valence-electron chi connectivity index (χ3n) is 4.70. The molecule has 0 bridgehead atoms. The molecule has 1 heterocycles. The average Bonchev–Trinajstić information content (AvgIpc) is 3.01. The molecule has 1 N–H and O–H groups in total. The number of nitrogens with zero attached hydrogens (tertiary/aromatic N) is 1. The zero-order valence-corrected chi connectivity index (χ0v) is 14.9. The molecule has 0 saturated carbocycles. The molecule has 1 amide bonds.